The number of azo groups is 4. The maximum Gasteiger partial charge on any atom is 0.348 e. The van der Waals surface area contributed by atoms with E-state index in [1.807, 2.05) is 6.07 Å². The van der Waals surface area contributed by atoms with Crippen molar-refractivity contribution in [2.45, 2.75) is 78.7 Å². The molecule has 0 fully saturated rings. The van der Waals surface area contributed by atoms with Gasteiger partial charge in [-0.15, -0.1) is 0 Å². The molecule has 14 rings (SSSR count). The minimum atomic E-state index is -4.90. The zero-order chi connectivity index (χ0) is 89.6. The summed E-state index contributed by atoms with van der Waals surface area (Å²) < 4.78 is 266. The Morgan fingerprint density at radius 1 is 0.258 bits per heavy atom. The van der Waals surface area contributed by atoms with Crippen LogP contribution in [0.25, 0.3) is 43.1 Å². The maximum absolute atomic E-state index is 12.6. The van der Waals surface area contributed by atoms with Crippen LogP contribution in [0.15, 0.2) is 296 Å². The molecule has 0 bridgehead atoms. The molecule has 124 heavy (non-hydrogen) atoms. The molecule has 12 aromatic carbocycles. The van der Waals surface area contributed by atoms with E-state index in [1.165, 1.54) is 72.8 Å². The van der Waals surface area contributed by atoms with Crippen molar-refractivity contribution in [3.05, 3.63) is 284 Å². The summed E-state index contributed by atoms with van der Waals surface area (Å²) in [6.07, 6.45) is 0.811. The molecule has 0 unspecified atom stereocenters. The van der Waals surface area contributed by atoms with E-state index in [-0.39, 0.29) is 103 Å². The number of aryl methyl sites for hydroxylation is 2. The van der Waals surface area contributed by atoms with Crippen LogP contribution in [0.1, 0.15) is 56.7 Å². The van der Waals surface area contributed by atoms with E-state index in [0.717, 1.165) is 46.5 Å². The summed E-state index contributed by atoms with van der Waals surface area (Å²) in [6, 6.07) is 47.0. The lowest BCUT2D eigenvalue weighted by Crippen LogP contribution is -2.18. The van der Waals surface area contributed by atoms with Crippen LogP contribution in [0.5, 0.6) is 0 Å². The smallest absolute Gasteiger partial charge is 0.294 e. The predicted molar refractivity (Wildman–Crippen MR) is 443 cm³/mol. The highest BCUT2D eigenvalue weighted by Crippen LogP contribution is 2.38. The van der Waals surface area contributed by atoms with E-state index in [0.29, 0.717) is 69.8 Å². The van der Waals surface area contributed by atoms with E-state index in [1.54, 1.807) is 92.7 Å². The van der Waals surface area contributed by atoms with Gasteiger partial charge >= 0.3 is 11.4 Å². The van der Waals surface area contributed by atoms with E-state index in [9.17, 15) is 113 Å². The lowest BCUT2D eigenvalue weighted by molar-refractivity contribution is 0.477. The molecular weight excluding hydrogens is 1780 g/mol. The van der Waals surface area contributed by atoms with E-state index < -0.39 is 131 Å². The number of rotatable bonds is 24. The fourth-order valence-corrected chi connectivity index (χ4v) is 18.0. The summed E-state index contributed by atoms with van der Waals surface area (Å²) in [5.41, 5.74) is 5.54. The largest absolute Gasteiger partial charge is 0.348 e. The average Bonchev–Trinajstić information content (AvgIpc) is 0.779. The first-order valence-electron chi connectivity index (χ1n) is 35.1. The van der Waals surface area contributed by atoms with Gasteiger partial charge < -0.3 is 0 Å². The molecule has 636 valence electrons. The summed E-state index contributed by atoms with van der Waals surface area (Å²) in [7, 11) is -38.7. The summed E-state index contributed by atoms with van der Waals surface area (Å²) in [6.45, 7) is 3.55. The first-order chi connectivity index (χ1) is 58.0. The third-order valence-electron chi connectivity index (χ3n) is 18.3. The molecule has 0 radical (unpaired) electrons. The van der Waals surface area contributed by atoms with Gasteiger partial charge in [0.25, 0.3) is 80.9 Å². The molecular formula is C76H58N14O26S8. The second kappa shape index (κ2) is 34.4. The number of aromatic nitrogens is 6. The number of hydrogen-bond acceptors (Lipinski definition) is 30. The van der Waals surface area contributed by atoms with Gasteiger partial charge in [-0.1, -0.05) is 72.8 Å². The van der Waals surface area contributed by atoms with Gasteiger partial charge in [-0.25, -0.2) is 19.6 Å². The maximum atomic E-state index is 12.6. The Hall–Kier alpha value is -13.0. The highest BCUT2D eigenvalue weighted by Gasteiger charge is 2.26. The predicted octanol–water partition coefficient (Wildman–Crippen LogP) is 13.6. The molecule has 2 heterocycles. The van der Waals surface area contributed by atoms with Crippen molar-refractivity contribution in [2.75, 3.05) is 0 Å². The number of fused-ring (bicyclic) bond motifs is 4. The van der Waals surface area contributed by atoms with Crippen molar-refractivity contribution < 1.29 is 104 Å². The molecule has 0 spiro atoms. The molecule has 0 amide bonds. The first kappa shape index (κ1) is 88.8. The van der Waals surface area contributed by atoms with Crippen LogP contribution in [0, 0.1) is 13.8 Å². The van der Waals surface area contributed by atoms with E-state index >= 15 is 0 Å². The number of H-pyrrole nitrogens is 2. The molecule has 14 aromatic rings. The van der Waals surface area contributed by atoms with Gasteiger partial charge in [0.1, 0.15) is 42.9 Å². The third-order valence-corrected chi connectivity index (χ3v) is 25.2. The van der Waals surface area contributed by atoms with Gasteiger partial charge in [0, 0.05) is 47.2 Å². The van der Waals surface area contributed by atoms with Crippen molar-refractivity contribution in [1.29, 1.82) is 0 Å². The molecule has 0 saturated carbocycles. The molecule has 10 N–H and O–H groups in total. The van der Waals surface area contributed by atoms with Gasteiger partial charge in [0.2, 0.25) is 0 Å². The summed E-state index contributed by atoms with van der Waals surface area (Å²) in [4.78, 5) is 41.5. The number of aromatic amines is 2. The molecule has 48 heteroatoms. The highest BCUT2D eigenvalue weighted by molar-refractivity contribution is 7.88. The lowest BCUT2D eigenvalue weighted by Gasteiger charge is -2.08. The van der Waals surface area contributed by atoms with Gasteiger partial charge in [0.05, 0.1) is 65.1 Å². The standard InChI is InChI=1S/C39H31N7O13S4.C37H27N7O13S4/c1-21-11-23(3-9-33(21)45-43-27-7-5-25-15-29(60(48,49)50)19-35(31(25)17-27)62(54,55)56)13-37-40-38(42-39(47)41-37)14-24-4-10-34(22(2)12-24)46-44-28-8-6-26-16-30(61(51,52)53)20-36(32(26)18-28)63(57,58)59;45-37-39-35(13-21-1-7-25(8-2-21)41-43-27-11-5-23-15-29(58(46,47)48)19-33(31(23)17-27)60(52,53)54)38-36(40-37)14-22-3-9-26(10-4-22)42-44-28-12-6-24-16-30(59(49,50)51)20-34(32(24)18-28)61(55,56)57/h3-12,15-20H,13-14H2,1-2H3,(H,48,49,50)(H,51,52,53)(H,54,55,56)(H,57,58,59)(H,40,41,42,47);1-12,15-20H,13-14H2,(H,46,47,48)(H,49,50,51)(H,52,53,54)(H,55,56,57)(H,38,39,40,45). The summed E-state index contributed by atoms with van der Waals surface area (Å²) >= 11 is 0. The average molecular weight is 1840 g/mol. The molecule has 0 atom stereocenters. The SMILES string of the molecule is Cc1cc(Cc2nc(Cc3ccc(N=Nc4ccc5cc(S(=O)(=O)O)cc(S(=O)(=O)O)c5c4)c(C)c3)[nH]c(=O)n2)ccc1N=Nc1ccc2cc(S(=O)(=O)O)cc(S(=O)(=O)O)c2c1.O=c1nc(Cc2ccc(N=Nc3ccc4cc(S(=O)(=O)O)cc(S(=O)(=O)O)c4c3)cc2)nc(Cc2ccc(N=Nc3ccc4cc(S(=O)(=O)O)cc(S(=O)(=O)O)c4c3)cc2)[nH]1. The quantitative estimate of drug-likeness (QED) is 0.0198. The fourth-order valence-electron chi connectivity index (χ4n) is 12.6. The number of hydrogen-bond donors (Lipinski definition) is 10. The van der Waals surface area contributed by atoms with Crippen molar-refractivity contribution in [3.63, 3.8) is 0 Å². The third kappa shape index (κ3) is 21.9. The van der Waals surface area contributed by atoms with Crippen LogP contribution in [0.2, 0.25) is 0 Å². The summed E-state index contributed by atoms with van der Waals surface area (Å²) in [5, 5.41) is 33.6. The zero-order valence-electron chi connectivity index (χ0n) is 63.0. The Morgan fingerprint density at radius 3 is 0.782 bits per heavy atom. The van der Waals surface area contributed by atoms with E-state index in [4.69, 9.17) is 0 Å². The molecule has 0 aliphatic carbocycles. The second-order valence-electron chi connectivity index (χ2n) is 27.2. The zero-order valence-corrected chi connectivity index (χ0v) is 69.5. The van der Waals surface area contributed by atoms with Gasteiger partial charge in [-0.2, -0.15) is 118 Å². The fraction of sp³-hybridized carbons (Fsp3) is 0.0789. The molecule has 40 nitrogen and oxygen atoms in total. The van der Waals surface area contributed by atoms with Crippen molar-refractivity contribution >= 4 is 170 Å². The van der Waals surface area contributed by atoms with Crippen molar-refractivity contribution in [2.24, 2.45) is 40.9 Å². The molecule has 0 aliphatic heterocycles. The highest BCUT2D eigenvalue weighted by atomic mass is 32.2. The van der Waals surface area contributed by atoms with Crippen molar-refractivity contribution in [3.8, 4) is 0 Å². The Bertz CT molecular complexity index is 7610. The number of nitrogens with one attached hydrogen (secondary N) is 2. The van der Waals surface area contributed by atoms with Crippen LogP contribution in [-0.4, -0.2) is 134 Å². The minimum absolute atomic E-state index is 0.0491. The normalized spacial score (nSPS) is 12.9. The summed E-state index contributed by atoms with van der Waals surface area (Å²) in [5.74, 6) is 1.16. The van der Waals surface area contributed by atoms with Crippen LogP contribution in [0.4, 0.5) is 45.5 Å². The Labute approximate surface area is 701 Å². The Morgan fingerprint density at radius 2 is 0.500 bits per heavy atom. The van der Waals surface area contributed by atoms with Crippen molar-refractivity contribution in [1.82, 2.24) is 29.9 Å². The lowest BCUT2D eigenvalue weighted by atomic mass is 10.1. The van der Waals surface area contributed by atoms with Crippen LogP contribution in [0.3, 0.4) is 0 Å². The Kier molecular flexibility index (Phi) is 24.6. The number of nitrogens with zero attached hydrogens (tertiary/aromatic N) is 12. The Balaban J connectivity index is 0.000000213. The van der Waals surface area contributed by atoms with Crippen LogP contribution >= 0.6 is 0 Å². The topological polar surface area (TPSA) is 651 Å². The number of benzene rings is 12. The van der Waals surface area contributed by atoms with Crippen LogP contribution in [-0.2, 0) is 107 Å². The van der Waals surface area contributed by atoms with Crippen LogP contribution < -0.4 is 11.4 Å². The molecule has 2 aromatic heterocycles. The molecule has 0 saturated heterocycles. The van der Waals surface area contributed by atoms with E-state index in [2.05, 4.69) is 70.8 Å². The second-order valence-corrected chi connectivity index (χ2v) is 38.5. The monoisotopic (exact) mass is 1840 g/mol. The molecule has 0 aliphatic rings. The van der Waals surface area contributed by atoms with Gasteiger partial charge in [-0.3, -0.25) is 46.4 Å². The van der Waals surface area contributed by atoms with Gasteiger partial charge in [-0.05, 0) is 202 Å². The first-order valence-corrected chi connectivity index (χ1v) is 46.6. The van der Waals surface area contributed by atoms with Gasteiger partial charge in [0.15, 0.2) is 0 Å². The minimum Gasteiger partial charge on any atom is -0.294 e.